The Balaban J connectivity index is 1.49. The van der Waals surface area contributed by atoms with Crippen molar-refractivity contribution in [2.45, 2.75) is 13.0 Å². The van der Waals surface area contributed by atoms with Gasteiger partial charge in [0, 0.05) is 5.39 Å². The normalized spacial score (nSPS) is 13.4. The standard InChI is InChI=1S/C23H18N2O4/c1-14(15-8-9-21-22(11-15)29-13-28-21)24-23(26)17-12-19(20-7-4-10-27-20)25-18-6-3-2-5-16(17)18/h2-12,14H,13H2,1H3,(H,24,26). The molecule has 1 N–H and O–H groups in total. The quantitative estimate of drug-likeness (QED) is 0.550. The molecular weight excluding hydrogens is 368 g/mol. The average molecular weight is 386 g/mol. The maximum Gasteiger partial charge on any atom is 0.252 e. The van der Waals surface area contributed by atoms with E-state index in [1.165, 1.54) is 0 Å². The van der Waals surface area contributed by atoms with Gasteiger partial charge in [0.2, 0.25) is 6.79 Å². The van der Waals surface area contributed by atoms with E-state index in [2.05, 4.69) is 10.3 Å². The lowest BCUT2D eigenvalue weighted by Crippen LogP contribution is -2.27. The first-order chi connectivity index (χ1) is 14.2. The van der Waals surface area contributed by atoms with Gasteiger partial charge in [0.05, 0.1) is 23.4 Å². The summed E-state index contributed by atoms with van der Waals surface area (Å²) < 4.78 is 16.3. The zero-order valence-corrected chi connectivity index (χ0v) is 15.7. The van der Waals surface area contributed by atoms with E-state index < -0.39 is 0 Å². The number of carbonyl (C=O) groups excluding carboxylic acids is 1. The van der Waals surface area contributed by atoms with Gasteiger partial charge in [-0.15, -0.1) is 0 Å². The second-order valence-corrected chi connectivity index (χ2v) is 6.86. The monoisotopic (exact) mass is 386 g/mol. The molecule has 1 aliphatic rings. The number of para-hydroxylation sites is 1. The van der Waals surface area contributed by atoms with Crippen LogP contribution in [-0.2, 0) is 0 Å². The van der Waals surface area contributed by atoms with E-state index in [1.807, 2.05) is 55.5 Å². The molecule has 6 heteroatoms. The van der Waals surface area contributed by atoms with Crippen LogP contribution < -0.4 is 14.8 Å². The zero-order chi connectivity index (χ0) is 19.8. The van der Waals surface area contributed by atoms with Gasteiger partial charge in [0.15, 0.2) is 17.3 Å². The maximum atomic E-state index is 13.2. The molecule has 2 aromatic heterocycles. The minimum atomic E-state index is -0.212. The van der Waals surface area contributed by atoms with E-state index in [0.717, 1.165) is 22.2 Å². The summed E-state index contributed by atoms with van der Waals surface area (Å²) in [5.74, 6) is 1.85. The summed E-state index contributed by atoms with van der Waals surface area (Å²) in [7, 11) is 0. The number of fused-ring (bicyclic) bond motifs is 2. The molecule has 1 unspecified atom stereocenters. The van der Waals surface area contributed by atoms with Crippen LogP contribution in [-0.4, -0.2) is 17.7 Å². The minimum absolute atomic E-state index is 0.179. The third-order valence-electron chi connectivity index (χ3n) is 4.98. The molecule has 0 aliphatic carbocycles. The van der Waals surface area contributed by atoms with Crippen molar-refractivity contribution in [2.24, 2.45) is 0 Å². The Morgan fingerprint density at radius 1 is 1.03 bits per heavy atom. The smallest absolute Gasteiger partial charge is 0.252 e. The molecule has 0 saturated heterocycles. The number of nitrogens with one attached hydrogen (secondary N) is 1. The number of furan rings is 1. The van der Waals surface area contributed by atoms with Gasteiger partial charge in [-0.1, -0.05) is 24.3 Å². The van der Waals surface area contributed by atoms with Gasteiger partial charge in [-0.3, -0.25) is 4.79 Å². The summed E-state index contributed by atoms with van der Waals surface area (Å²) in [6.07, 6.45) is 1.59. The first kappa shape index (κ1) is 17.3. The van der Waals surface area contributed by atoms with Crippen molar-refractivity contribution < 1.29 is 18.7 Å². The summed E-state index contributed by atoms with van der Waals surface area (Å²) in [4.78, 5) is 17.8. The maximum absolute atomic E-state index is 13.2. The van der Waals surface area contributed by atoms with Crippen LogP contribution in [0.4, 0.5) is 0 Å². The predicted molar refractivity (Wildman–Crippen MR) is 108 cm³/mol. The van der Waals surface area contributed by atoms with Gasteiger partial charge < -0.3 is 19.2 Å². The number of aromatic nitrogens is 1. The summed E-state index contributed by atoms with van der Waals surface area (Å²) in [5.41, 5.74) is 2.85. The number of nitrogens with zero attached hydrogens (tertiary/aromatic N) is 1. The molecule has 1 amide bonds. The van der Waals surface area contributed by atoms with Crippen LogP contribution in [0.2, 0.25) is 0 Å². The number of hydrogen-bond acceptors (Lipinski definition) is 5. The molecule has 4 aromatic rings. The van der Waals surface area contributed by atoms with E-state index in [4.69, 9.17) is 13.9 Å². The van der Waals surface area contributed by atoms with E-state index in [0.29, 0.717) is 22.8 Å². The van der Waals surface area contributed by atoms with Crippen LogP contribution in [0, 0.1) is 0 Å². The number of carbonyl (C=O) groups is 1. The van der Waals surface area contributed by atoms with E-state index in [9.17, 15) is 4.79 Å². The molecule has 0 radical (unpaired) electrons. The molecule has 5 rings (SSSR count). The van der Waals surface area contributed by atoms with Gasteiger partial charge in [0.25, 0.3) is 5.91 Å². The SMILES string of the molecule is CC(NC(=O)c1cc(-c2ccco2)nc2ccccc12)c1ccc2c(c1)OCO2. The highest BCUT2D eigenvalue weighted by Crippen LogP contribution is 2.34. The summed E-state index contributed by atoms with van der Waals surface area (Å²) in [6.45, 7) is 2.16. The largest absolute Gasteiger partial charge is 0.463 e. The molecule has 144 valence electrons. The highest BCUT2D eigenvalue weighted by molar-refractivity contribution is 6.07. The van der Waals surface area contributed by atoms with Gasteiger partial charge in [-0.05, 0) is 48.9 Å². The van der Waals surface area contributed by atoms with Crippen molar-refractivity contribution >= 4 is 16.8 Å². The van der Waals surface area contributed by atoms with Crippen molar-refractivity contribution in [3.63, 3.8) is 0 Å². The van der Waals surface area contributed by atoms with Crippen LogP contribution in [0.3, 0.4) is 0 Å². The van der Waals surface area contributed by atoms with Crippen molar-refractivity contribution in [1.82, 2.24) is 10.3 Å². The van der Waals surface area contributed by atoms with Crippen molar-refractivity contribution in [1.29, 1.82) is 0 Å². The van der Waals surface area contributed by atoms with Gasteiger partial charge in [-0.2, -0.15) is 0 Å². The highest BCUT2D eigenvalue weighted by Gasteiger charge is 2.19. The number of hydrogen-bond donors (Lipinski definition) is 1. The molecular formula is C23H18N2O4. The van der Waals surface area contributed by atoms with Crippen LogP contribution >= 0.6 is 0 Å². The summed E-state index contributed by atoms with van der Waals surface area (Å²) in [6, 6.07) is 18.4. The number of rotatable bonds is 4. The Bertz CT molecular complexity index is 1200. The van der Waals surface area contributed by atoms with Crippen molar-refractivity contribution in [2.75, 3.05) is 6.79 Å². The number of benzene rings is 2. The minimum Gasteiger partial charge on any atom is -0.463 e. The number of pyridine rings is 1. The second kappa shape index (κ2) is 6.98. The molecule has 29 heavy (non-hydrogen) atoms. The van der Waals surface area contributed by atoms with Gasteiger partial charge >= 0.3 is 0 Å². The Kier molecular flexibility index (Phi) is 4.17. The fourth-order valence-electron chi connectivity index (χ4n) is 3.45. The molecule has 0 fully saturated rings. The molecule has 6 nitrogen and oxygen atoms in total. The molecule has 3 heterocycles. The van der Waals surface area contributed by atoms with Crippen molar-refractivity contribution in [3.8, 4) is 23.0 Å². The molecule has 0 bridgehead atoms. The lowest BCUT2D eigenvalue weighted by molar-refractivity contribution is 0.0941. The fourth-order valence-corrected chi connectivity index (χ4v) is 3.45. The Hall–Kier alpha value is -3.80. The van der Waals surface area contributed by atoms with E-state index in [-0.39, 0.29) is 18.7 Å². The topological polar surface area (TPSA) is 73.6 Å². The van der Waals surface area contributed by atoms with Crippen LogP contribution in [0.15, 0.2) is 71.3 Å². The molecule has 1 atom stereocenters. The van der Waals surface area contributed by atoms with Gasteiger partial charge in [0.1, 0.15) is 5.69 Å². The van der Waals surface area contributed by atoms with Crippen LogP contribution in [0.25, 0.3) is 22.4 Å². The second-order valence-electron chi connectivity index (χ2n) is 6.86. The lowest BCUT2D eigenvalue weighted by atomic mass is 10.0. The Morgan fingerprint density at radius 3 is 2.76 bits per heavy atom. The molecule has 0 saturated carbocycles. The first-order valence-corrected chi connectivity index (χ1v) is 9.33. The van der Waals surface area contributed by atoms with E-state index >= 15 is 0 Å². The number of ether oxygens (including phenoxy) is 2. The van der Waals surface area contributed by atoms with E-state index in [1.54, 1.807) is 18.4 Å². The van der Waals surface area contributed by atoms with Gasteiger partial charge in [-0.25, -0.2) is 4.98 Å². The third kappa shape index (κ3) is 3.18. The predicted octanol–water partition coefficient (Wildman–Crippen LogP) is 4.71. The summed E-state index contributed by atoms with van der Waals surface area (Å²) in [5, 5.41) is 3.86. The molecule has 1 aliphatic heterocycles. The Morgan fingerprint density at radius 2 is 1.90 bits per heavy atom. The third-order valence-corrected chi connectivity index (χ3v) is 4.98. The molecule has 0 spiro atoms. The summed E-state index contributed by atoms with van der Waals surface area (Å²) >= 11 is 0. The zero-order valence-electron chi connectivity index (χ0n) is 15.7. The Labute approximate surface area is 167 Å². The van der Waals surface area contributed by atoms with Crippen molar-refractivity contribution in [3.05, 3.63) is 78.1 Å². The molecule has 2 aromatic carbocycles. The average Bonchev–Trinajstić information content (AvgIpc) is 3.44. The first-order valence-electron chi connectivity index (χ1n) is 9.33. The van der Waals surface area contributed by atoms with Crippen LogP contribution in [0.5, 0.6) is 11.5 Å². The highest BCUT2D eigenvalue weighted by atomic mass is 16.7. The lowest BCUT2D eigenvalue weighted by Gasteiger charge is -2.16. The number of amides is 1. The fraction of sp³-hybridized carbons (Fsp3) is 0.130. The van der Waals surface area contributed by atoms with Crippen LogP contribution in [0.1, 0.15) is 28.9 Å².